The molecule has 1 amide bonds. The quantitative estimate of drug-likeness (QED) is 0.610. The van der Waals surface area contributed by atoms with E-state index in [9.17, 15) is 28.1 Å². The summed E-state index contributed by atoms with van der Waals surface area (Å²) in [6.45, 7) is -1.35. The summed E-state index contributed by atoms with van der Waals surface area (Å²) in [6.07, 6.45) is -7.47. The molecule has 0 saturated carbocycles. The first-order valence-electron chi connectivity index (χ1n) is 6.09. The zero-order valence-corrected chi connectivity index (χ0v) is 11.5. The highest BCUT2D eigenvalue weighted by Crippen LogP contribution is 2.23. The Labute approximate surface area is 123 Å². The summed E-state index contributed by atoms with van der Waals surface area (Å²) in [6, 6.07) is 5.55. The number of aliphatic hydroxyl groups excluding tert-OH is 1. The van der Waals surface area contributed by atoms with Crippen LogP contribution < -0.4 is 5.32 Å². The van der Waals surface area contributed by atoms with E-state index in [0.29, 0.717) is 4.90 Å². The molecule has 22 heavy (non-hydrogen) atoms. The fourth-order valence-electron chi connectivity index (χ4n) is 1.55. The standard InChI is InChI=1S/C12H14F3N3O4/c1-17(7-10(19)12(13,14)15)11(20)6-16-8-4-2-3-5-9(8)18(21)22/h2-5,10,16,19H,6-7H2,1H3. The van der Waals surface area contributed by atoms with Crippen LogP contribution in [0.25, 0.3) is 0 Å². The van der Waals surface area contributed by atoms with Gasteiger partial charge < -0.3 is 15.3 Å². The average molecular weight is 321 g/mol. The van der Waals surface area contributed by atoms with Crippen molar-refractivity contribution < 1.29 is 28.0 Å². The Morgan fingerprint density at radius 1 is 1.45 bits per heavy atom. The highest BCUT2D eigenvalue weighted by molar-refractivity contribution is 5.81. The molecule has 2 N–H and O–H groups in total. The molecule has 10 heteroatoms. The van der Waals surface area contributed by atoms with Crippen LogP contribution in [0.15, 0.2) is 24.3 Å². The van der Waals surface area contributed by atoms with Gasteiger partial charge in [-0.1, -0.05) is 12.1 Å². The van der Waals surface area contributed by atoms with E-state index in [1.165, 1.54) is 24.3 Å². The monoisotopic (exact) mass is 321 g/mol. The van der Waals surface area contributed by atoms with Crippen molar-refractivity contribution >= 4 is 17.3 Å². The zero-order chi connectivity index (χ0) is 16.9. The van der Waals surface area contributed by atoms with E-state index in [4.69, 9.17) is 5.11 Å². The molecule has 0 aromatic heterocycles. The van der Waals surface area contributed by atoms with E-state index in [1.54, 1.807) is 0 Å². The first-order chi connectivity index (χ1) is 10.1. The number of rotatable bonds is 6. The van der Waals surface area contributed by atoms with Gasteiger partial charge in [0.25, 0.3) is 5.69 Å². The maximum Gasteiger partial charge on any atom is 0.416 e. The number of alkyl halides is 3. The summed E-state index contributed by atoms with van der Waals surface area (Å²) >= 11 is 0. The minimum Gasteiger partial charge on any atom is -0.382 e. The first kappa shape index (κ1) is 17.7. The molecule has 1 unspecified atom stereocenters. The topological polar surface area (TPSA) is 95.7 Å². The summed E-state index contributed by atoms with van der Waals surface area (Å²) in [4.78, 5) is 22.5. The van der Waals surface area contributed by atoms with Gasteiger partial charge in [-0.25, -0.2) is 0 Å². The minimum absolute atomic E-state index is 0.0746. The molecule has 0 spiro atoms. The number of nitro benzene ring substituents is 1. The van der Waals surface area contributed by atoms with Crippen molar-refractivity contribution in [3.8, 4) is 0 Å². The Kier molecular flexibility index (Phi) is 5.69. The lowest BCUT2D eigenvalue weighted by molar-refractivity contribution is -0.383. The Morgan fingerprint density at radius 3 is 2.59 bits per heavy atom. The molecule has 0 aliphatic carbocycles. The molecule has 122 valence electrons. The number of halogens is 3. The maximum atomic E-state index is 12.2. The summed E-state index contributed by atoms with van der Waals surface area (Å²) in [5.41, 5.74) is -0.182. The molecule has 0 radical (unpaired) electrons. The van der Waals surface area contributed by atoms with Gasteiger partial charge in [0.05, 0.1) is 18.0 Å². The number of hydrogen-bond acceptors (Lipinski definition) is 5. The van der Waals surface area contributed by atoms with Gasteiger partial charge in [-0.15, -0.1) is 0 Å². The van der Waals surface area contributed by atoms with Gasteiger partial charge in [-0.05, 0) is 6.07 Å². The van der Waals surface area contributed by atoms with Crippen LogP contribution in [-0.4, -0.2) is 53.3 Å². The zero-order valence-electron chi connectivity index (χ0n) is 11.5. The third kappa shape index (κ3) is 4.88. The summed E-state index contributed by atoms with van der Waals surface area (Å²) in [5, 5.41) is 22.1. The normalized spacial score (nSPS) is 12.6. The van der Waals surface area contributed by atoms with Crippen molar-refractivity contribution in [2.24, 2.45) is 0 Å². The van der Waals surface area contributed by atoms with Crippen LogP contribution >= 0.6 is 0 Å². The predicted molar refractivity (Wildman–Crippen MR) is 71.3 cm³/mol. The Balaban J connectivity index is 2.61. The number of benzene rings is 1. The molecule has 1 aromatic rings. The summed E-state index contributed by atoms with van der Waals surface area (Å²) in [7, 11) is 1.10. The van der Waals surface area contributed by atoms with Gasteiger partial charge in [0.15, 0.2) is 6.10 Å². The van der Waals surface area contributed by atoms with E-state index in [-0.39, 0.29) is 11.4 Å². The molecule has 0 aliphatic heterocycles. The van der Waals surface area contributed by atoms with Crippen LogP contribution in [0.3, 0.4) is 0 Å². The fraction of sp³-hybridized carbons (Fsp3) is 0.417. The second kappa shape index (κ2) is 7.07. The van der Waals surface area contributed by atoms with Crippen molar-refractivity contribution in [2.45, 2.75) is 12.3 Å². The Hall–Kier alpha value is -2.36. The number of carbonyl (C=O) groups is 1. The highest BCUT2D eigenvalue weighted by Gasteiger charge is 2.39. The van der Waals surface area contributed by atoms with Gasteiger partial charge in [0.1, 0.15) is 5.69 Å². The lowest BCUT2D eigenvalue weighted by Gasteiger charge is -2.22. The number of para-hydroxylation sites is 2. The predicted octanol–water partition coefficient (Wildman–Crippen LogP) is 1.39. The van der Waals surface area contributed by atoms with E-state index >= 15 is 0 Å². The number of aliphatic hydroxyl groups is 1. The molecule has 0 bridgehead atoms. The largest absolute Gasteiger partial charge is 0.416 e. The summed E-state index contributed by atoms with van der Waals surface area (Å²) < 4.78 is 36.6. The second-order valence-electron chi connectivity index (χ2n) is 4.46. The molecule has 1 atom stereocenters. The van der Waals surface area contributed by atoms with E-state index in [2.05, 4.69) is 5.32 Å². The van der Waals surface area contributed by atoms with E-state index < -0.39 is 36.2 Å². The number of nitrogens with zero attached hydrogens (tertiary/aromatic N) is 2. The SMILES string of the molecule is CN(CC(O)C(F)(F)F)C(=O)CNc1ccccc1[N+](=O)[O-]. The van der Waals surface area contributed by atoms with Crippen LogP contribution in [0.5, 0.6) is 0 Å². The molecule has 1 aromatic carbocycles. The molecule has 1 rings (SSSR count). The van der Waals surface area contributed by atoms with Gasteiger partial charge in [0, 0.05) is 13.1 Å². The first-order valence-corrected chi connectivity index (χ1v) is 6.09. The number of nitro groups is 1. The molecular formula is C12H14F3N3O4. The van der Waals surface area contributed by atoms with Crippen molar-refractivity contribution in [3.63, 3.8) is 0 Å². The second-order valence-corrected chi connectivity index (χ2v) is 4.46. The fourth-order valence-corrected chi connectivity index (χ4v) is 1.55. The van der Waals surface area contributed by atoms with Crippen molar-refractivity contribution in [1.82, 2.24) is 4.90 Å². The van der Waals surface area contributed by atoms with Crippen LogP contribution in [0.2, 0.25) is 0 Å². The lowest BCUT2D eigenvalue weighted by Crippen LogP contribution is -2.43. The van der Waals surface area contributed by atoms with Crippen molar-refractivity contribution in [1.29, 1.82) is 0 Å². The Bertz CT molecular complexity index is 551. The third-order valence-electron chi connectivity index (χ3n) is 2.78. The van der Waals surface area contributed by atoms with Crippen LogP contribution in [0.1, 0.15) is 0 Å². The Morgan fingerprint density at radius 2 is 2.05 bits per heavy atom. The minimum atomic E-state index is -4.82. The lowest BCUT2D eigenvalue weighted by atomic mass is 10.2. The van der Waals surface area contributed by atoms with Gasteiger partial charge in [-0.2, -0.15) is 13.2 Å². The van der Waals surface area contributed by atoms with E-state index in [0.717, 1.165) is 7.05 Å². The number of hydrogen-bond donors (Lipinski definition) is 2. The number of anilines is 1. The number of nitrogens with one attached hydrogen (secondary N) is 1. The molecule has 0 heterocycles. The van der Waals surface area contributed by atoms with E-state index in [1.807, 2.05) is 0 Å². The molecule has 0 aliphatic rings. The van der Waals surface area contributed by atoms with Gasteiger partial charge in [0.2, 0.25) is 5.91 Å². The molecule has 0 fully saturated rings. The van der Waals surface area contributed by atoms with Crippen molar-refractivity contribution in [3.05, 3.63) is 34.4 Å². The van der Waals surface area contributed by atoms with Gasteiger partial charge >= 0.3 is 6.18 Å². The van der Waals surface area contributed by atoms with Crippen LogP contribution in [-0.2, 0) is 4.79 Å². The van der Waals surface area contributed by atoms with Crippen LogP contribution in [0.4, 0.5) is 24.5 Å². The number of carbonyl (C=O) groups excluding carboxylic acids is 1. The van der Waals surface area contributed by atoms with Gasteiger partial charge in [-0.3, -0.25) is 14.9 Å². The molecule has 0 saturated heterocycles. The molecular weight excluding hydrogens is 307 g/mol. The average Bonchev–Trinajstić information content (AvgIpc) is 2.43. The highest BCUT2D eigenvalue weighted by atomic mass is 19.4. The van der Waals surface area contributed by atoms with Crippen LogP contribution in [0, 0.1) is 10.1 Å². The molecule has 7 nitrogen and oxygen atoms in total. The van der Waals surface area contributed by atoms with Crippen molar-refractivity contribution in [2.75, 3.05) is 25.5 Å². The summed E-state index contributed by atoms with van der Waals surface area (Å²) in [5.74, 6) is -0.749. The number of amides is 1. The number of likely N-dealkylation sites (N-methyl/N-ethyl adjacent to an activating group) is 1. The third-order valence-corrected chi connectivity index (χ3v) is 2.78. The smallest absolute Gasteiger partial charge is 0.382 e. The maximum absolute atomic E-state index is 12.2.